The molecule has 2 fully saturated rings. The zero-order valence-corrected chi connectivity index (χ0v) is 24.8. The van der Waals surface area contributed by atoms with Crippen LogP contribution in [0.1, 0.15) is 17.1 Å². The molecule has 1 N–H and O–H groups in total. The molecule has 2 aliphatic heterocycles. The summed E-state index contributed by atoms with van der Waals surface area (Å²) in [7, 11) is -0.343. The number of fused-ring (bicyclic) bond motifs is 3. The Balaban J connectivity index is 1.24. The molecular weight excluding hydrogens is 566 g/mol. The lowest BCUT2D eigenvalue weighted by atomic mass is 10.1. The minimum atomic E-state index is -3.92. The predicted octanol–water partition coefficient (Wildman–Crippen LogP) is 2.41. The lowest BCUT2D eigenvalue weighted by Crippen LogP contribution is -2.45. The van der Waals surface area contributed by atoms with Crippen LogP contribution in [-0.2, 0) is 10.0 Å². The summed E-state index contributed by atoms with van der Waals surface area (Å²) < 4.78 is 41.6. The number of nitrogens with zero attached hydrogens (tertiary/aromatic N) is 6. The molecular formula is C27H31N7O5S2. The van der Waals surface area contributed by atoms with Crippen molar-refractivity contribution < 1.29 is 17.9 Å². The number of hydrogen-bond acceptors (Lipinski definition) is 11. The van der Waals surface area contributed by atoms with E-state index in [-0.39, 0.29) is 27.1 Å². The van der Waals surface area contributed by atoms with Gasteiger partial charge in [-0.1, -0.05) is 0 Å². The number of nitrogens with one attached hydrogen (secondary N) is 1. The first-order chi connectivity index (χ1) is 19.6. The second-order valence-corrected chi connectivity index (χ2v) is 13.5. The van der Waals surface area contributed by atoms with Crippen molar-refractivity contribution in [1.82, 2.24) is 29.2 Å². The van der Waals surface area contributed by atoms with E-state index < -0.39 is 10.0 Å². The molecule has 0 amide bonds. The molecule has 2 unspecified atom stereocenters. The van der Waals surface area contributed by atoms with Gasteiger partial charge in [0.05, 0.1) is 24.0 Å². The van der Waals surface area contributed by atoms with E-state index in [9.17, 15) is 13.2 Å². The first-order valence-electron chi connectivity index (χ1n) is 13.2. The number of anilines is 1. The van der Waals surface area contributed by atoms with Gasteiger partial charge in [-0.3, -0.25) is 18.8 Å². The van der Waals surface area contributed by atoms with E-state index in [4.69, 9.17) is 9.47 Å². The highest BCUT2D eigenvalue weighted by atomic mass is 32.2. The van der Waals surface area contributed by atoms with Crippen molar-refractivity contribution in [2.24, 2.45) is 0 Å². The summed E-state index contributed by atoms with van der Waals surface area (Å²) in [4.78, 5) is 31.0. The molecule has 12 nitrogen and oxygen atoms in total. The Morgan fingerprint density at radius 3 is 2.63 bits per heavy atom. The Labute approximate surface area is 241 Å². The third-order valence-electron chi connectivity index (χ3n) is 7.66. The maximum atomic E-state index is 13.3. The van der Waals surface area contributed by atoms with Crippen molar-refractivity contribution in [2.45, 2.75) is 36.6 Å². The summed E-state index contributed by atoms with van der Waals surface area (Å²) in [5.41, 5.74) is 1.94. The van der Waals surface area contributed by atoms with Crippen LogP contribution in [0.3, 0.4) is 0 Å². The van der Waals surface area contributed by atoms with Crippen molar-refractivity contribution in [2.75, 3.05) is 45.1 Å². The Bertz CT molecular complexity index is 1790. The number of likely N-dealkylation sites (tertiary alicyclic amines) is 2. The number of sulfonamides is 1. The Morgan fingerprint density at radius 1 is 1.12 bits per heavy atom. The highest BCUT2D eigenvalue weighted by Gasteiger charge is 2.40. The summed E-state index contributed by atoms with van der Waals surface area (Å²) in [6.45, 7) is 6.66. The monoisotopic (exact) mass is 597 g/mol. The van der Waals surface area contributed by atoms with Crippen LogP contribution in [-0.4, -0.2) is 90.1 Å². The minimum Gasteiger partial charge on any atom is -0.485 e. The maximum Gasteiger partial charge on any atom is 0.300 e. The predicted molar refractivity (Wildman–Crippen MR) is 156 cm³/mol. The smallest absolute Gasteiger partial charge is 0.300 e. The number of likely N-dealkylation sites (N-methyl/N-ethyl adjacent to an activating group) is 1. The van der Waals surface area contributed by atoms with Gasteiger partial charge in [0.25, 0.3) is 15.6 Å². The topological polar surface area (TPSA) is 131 Å². The third-order valence-corrected chi connectivity index (χ3v) is 10.7. The Morgan fingerprint density at radius 2 is 1.95 bits per heavy atom. The Kier molecular flexibility index (Phi) is 7.18. The van der Waals surface area contributed by atoms with Gasteiger partial charge in [-0.05, 0) is 45.5 Å². The van der Waals surface area contributed by atoms with Gasteiger partial charge in [-0.15, -0.1) is 11.3 Å². The van der Waals surface area contributed by atoms with E-state index in [0.29, 0.717) is 46.2 Å². The molecule has 4 aromatic heterocycles. The van der Waals surface area contributed by atoms with Gasteiger partial charge in [0.1, 0.15) is 17.9 Å². The molecule has 0 aromatic carbocycles. The molecule has 41 heavy (non-hydrogen) atoms. The number of methoxy groups -OCH3 is 1. The number of thiazole rings is 1. The fourth-order valence-electron chi connectivity index (χ4n) is 5.62. The lowest BCUT2D eigenvalue weighted by Gasteiger charge is -2.31. The van der Waals surface area contributed by atoms with Crippen molar-refractivity contribution in [3.05, 3.63) is 57.8 Å². The summed E-state index contributed by atoms with van der Waals surface area (Å²) in [6, 6.07) is 6.29. The fourth-order valence-corrected chi connectivity index (χ4v) is 8.16. The van der Waals surface area contributed by atoms with Crippen molar-refractivity contribution >= 4 is 32.7 Å². The van der Waals surface area contributed by atoms with E-state index in [2.05, 4.69) is 36.5 Å². The van der Waals surface area contributed by atoms with Gasteiger partial charge in [-0.2, -0.15) is 0 Å². The van der Waals surface area contributed by atoms with Crippen LogP contribution in [0.5, 0.6) is 11.6 Å². The molecule has 0 spiro atoms. The second-order valence-electron chi connectivity index (χ2n) is 10.4. The fraction of sp³-hybridized carbons (Fsp3) is 0.407. The van der Waals surface area contributed by atoms with E-state index in [1.807, 2.05) is 0 Å². The maximum absolute atomic E-state index is 13.3. The number of ether oxygens (including phenoxy) is 2. The number of piperazine rings is 1. The number of aromatic nitrogens is 4. The normalized spacial score (nSPS) is 19.2. The molecule has 0 saturated carbocycles. The van der Waals surface area contributed by atoms with Crippen molar-refractivity contribution in [1.29, 1.82) is 0 Å². The van der Waals surface area contributed by atoms with Crippen LogP contribution in [0.2, 0.25) is 0 Å². The third kappa shape index (κ3) is 5.27. The Hall–Kier alpha value is -3.59. The molecule has 216 valence electrons. The molecule has 2 aliphatic rings. The first-order valence-corrected chi connectivity index (χ1v) is 15.5. The SMILES string of the molecule is COc1ncc(-c2ccc3ncc(OCCN4CC5CC4CN5C)c(=O)n3c2)cc1NS(=O)(=O)c1sc(C)nc1C. The molecule has 0 aliphatic carbocycles. The molecule has 6 heterocycles. The first kappa shape index (κ1) is 27.6. The molecule has 0 radical (unpaired) electrons. The average molecular weight is 598 g/mol. The highest BCUT2D eigenvalue weighted by Crippen LogP contribution is 2.32. The van der Waals surface area contributed by atoms with E-state index >= 15 is 0 Å². The highest BCUT2D eigenvalue weighted by molar-refractivity contribution is 7.94. The van der Waals surface area contributed by atoms with E-state index in [0.717, 1.165) is 31.0 Å². The van der Waals surface area contributed by atoms with Crippen LogP contribution >= 0.6 is 11.3 Å². The quantitative estimate of drug-likeness (QED) is 0.307. The van der Waals surface area contributed by atoms with Crippen LogP contribution in [0, 0.1) is 13.8 Å². The lowest BCUT2D eigenvalue weighted by molar-refractivity contribution is 0.129. The van der Waals surface area contributed by atoms with E-state index in [1.54, 1.807) is 44.4 Å². The number of aryl methyl sites for hydroxylation is 2. The van der Waals surface area contributed by atoms with Crippen LogP contribution < -0.4 is 19.8 Å². The van der Waals surface area contributed by atoms with Gasteiger partial charge in [0, 0.05) is 55.2 Å². The van der Waals surface area contributed by atoms with Gasteiger partial charge in [0.2, 0.25) is 11.6 Å². The van der Waals surface area contributed by atoms with Gasteiger partial charge in [-0.25, -0.2) is 23.4 Å². The molecule has 6 rings (SSSR count). The summed E-state index contributed by atoms with van der Waals surface area (Å²) >= 11 is 1.09. The summed E-state index contributed by atoms with van der Waals surface area (Å²) in [6.07, 6.45) is 5.85. The molecule has 2 saturated heterocycles. The van der Waals surface area contributed by atoms with E-state index in [1.165, 1.54) is 24.1 Å². The van der Waals surface area contributed by atoms with Crippen LogP contribution in [0.15, 0.2) is 45.8 Å². The largest absolute Gasteiger partial charge is 0.485 e. The van der Waals surface area contributed by atoms with Crippen LogP contribution in [0.4, 0.5) is 5.69 Å². The van der Waals surface area contributed by atoms with Crippen LogP contribution in [0.25, 0.3) is 16.8 Å². The second kappa shape index (κ2) is 10.7. The standard InChI is InChI=1S/C27H31N7O5S2/c1-16-27(40-17(2)30-16)41(36,37)31-22-9-19(11-29-25(22)38-4)18-5-6-24-28-12-23(26(35)34(24)13-18)39-8-7-33-15-20-10-21(33)14-32(20)3/h5-6,9,11-13,20-21,31H,7-8,10,14-15H2,1-4H3. The van der Waals surface area contributed by atoms with Gasteiger partial charge < -0.3 is 14.4 Å². The number of rotatable bonds is 9. The zero-order valence-electron chi connectivity index (χ0n) is 23.2. The van der Waals surface area contributed by atoms with Crippen molar-refractivity contribution in [3.8, 4) is 22.8 Å². The number of pyridine rings is 2. The molecule has 2 atom stereocenters. The molecule has 14 heteroatoms. The summed E-state index contributed by atoms with van der Waals surface area (Å²) in [5, 5.41) is 0.649. The van der Waals surface area contributed by atoms with Crippen molar-refractivity contribution in [3.63, 3.8) is 0 Å². The number of hydrogen-bond donors (Lipinski definition) is 1. The minimum absolute atomic E-state index is 0.115. The molecule has 2 bridgehead atoms. The van der Waals surface area contributed by atoms with Gasteiger partial charge in [0.15, 0.2) is 4.21 Å². The zero-order chi connectivity index (χ0) is 28.9. The molecule has 4 aromatic rings. The summed E-state index contributed by atoms with van der Waals surface area (Å²) in [5.74, 6) is 0.294. The van der Waals surface area contributed by atoms with Gasteiger partial charge >= 0.3 is 0 Å². The average Bonchev–Trinajstić information content (AvgIpc) is 3.62.